The molecule has 2 aliphatic heterocycles. The summed E-state index contributed by atoms with van der Waals surface area (Å²) in [6.07, 6.45) is 1.68. The van der Waals surface area contributed by atoms with Crippen molar-refractivity contribution < 1.29 is 14.5 Å². The van der Waals surface area contributed by atoms with E-state index in [2.05, 4.69) is 71.7 Å². The molecule has 7 heteroatoms. The zero-order valence-electron chi connectivity index (χ0n) is 16.2. The molecule has 1 aromatic rings. The second-order valence-electron chi connectivity index (χ2n) is 8.49. The van der Waals surface area contributed by atoms with Gasteiger partial charge in [0, 0.05) is 0 Å². The van der Waals surface area contributed by atoms with Gasteiger partial charge in [-0.2, -0.15) is 0 Å². The summed E-state index contributed by atoms with van der Waals surface area (Å²) in [4.78, 5) is 0. The number of benzene rings is 1. The average molecular weight is 445 g/mol. The van der Waals surface area contributed by atoms with E-state index >= 15 is 0 Å². The van der Waals surface area contributed by atoms with Gasteiger partial charge in [-0.05, 0) is 0 Å². The van der Waals surface area contributed by atoms with Crippen LogP contribution in [0.25, 0.3) is 0 Å². The summed E-state index contributed by atoms with van der Waals surface area (Å²) in [6.45, 7) is 11.6. The number of rotatable bonds is 4. The first-order valence-electron chi connectivity index (χ1n) is 9.32. The third-order valence-corrected chi connectivity index (χ3v) is 11.3. The van der Waals surface area contributed by atoms with Crippen LogP contribution in [0.4, 0.5) is 0 Å². The monoisotopic (exact) mass is 446 g/mol. The molecule has 0 bridgehead atoms. The molecular weight excluding hydrogens is 414 g/mol. The molecule has 2 fully saturated rings. The van der Waals surface area contributed by atoms with Crippen LogP contribution in [0.3, 0.4) is 0 Å². The van der Waals surface area contributed by atoms with Gasteiger partial charge in [0.25, 0.3) is 0 Å². The fourth-order valence-electron chi connectivity index (χ4n) is 4.18. The maximum absolute atomic E-state index is 10.6. The average Bonchev–Trinajstić information content (AvgIpc) is 2.60. The van der Waals surface area contributed by atoms with Crippen LogP contribution in [0.15, 0.2) is 30.3 Å². The zero-order chi connectivity index (χ0) is 19.0. The molecule has 1 unspecified atom stereocenters. The Kier molecular flexibility index (Phi) is 6.19. The van der Waals surface area contributed by atoms with E-state index in [0.29, 0.717) is 0 Å². The first-order chi connectivity index (χ1) is 12.2. The van der Waals surface area contributed by atoms with E-state index in [1.54, 1.807) is 0 Å². The Morgan fingerprint density at radius 3 is 2.15 bits per heavy atom. The molecule has 0 aromatic heterocycles. The van der Waals surface area contributed by atoms with Crippen LogP contribution >= 0.6 is 5.89 Å². The molecule has 2 aliphatic rings. The molecule has 0 saturated carbocycles. The molecule has 0 aliphatic carbocycles. The van der Waals surface area contributed by atoms with Crippen LogP contribution in [0.1, 0.15) is 40.5 Å². The van der Waals surface area contributed by atoms with Crippen molar-refractivity contribution in [3.8, 4) is 0 Å². The molecule has 1 atom stereocenters. The first kappa shape index (κ1) is 20.7. The van der Waals surface area contributed by atoms with E-state index in [4.69, 9.17) is 9.26 Å². The summed E-state index contributed by atoms with van der Waals surface area (Å²) in [5, 5.41) is 13.3. The normalized spacial score (nSPS) is 27.1. The second kappa shape index (κ2) is 7.77. The summed E-state index contributed by atoms with van der Waals surface area (Å²) < 4.78 is 14.9. The number of hydroxylamine groups is 2. The van der Waals surface area contributed by atoms with E-state index in [1.807, 2.05) is 6.07 Å². The molecule has 146 valence electrons. The summed E-state index contributed by atoms with van der Waals surface area (Å²) in [6, 6.07) is 10.5. The zero-order valence-corrected chi connectivity index (χ0v) is 18.8. The Balaban J connectivity index is 1.90. The van der Waals surface area contributed by atoms with Gasteiger partial charge in [-0.15, -0.1) is 0 Å². The van der Waals surface area contributed by atoms with Crippen molar-refractivity contribution >= 4 is 26.3 Å². The Morgan fingerprint density at radius 1 is 1.08 bits per heavy atom. The minimum atomic E-state index is -2.07. The molecule has 3 rings (SSSR count). The quantitative estimate of drug-likeness (QED) is 0.571. The van der Waals surface area contributed by atoms with Crippen molar-refractivity contribution in [3.05, 3.63) is 30.3 Å². The van der Waals surface area contributed by atoms with Gasteiger partial charge >= 0.3 is 165 Å². The van der Waals surface area contributed by atoms with E-state index in [1.165, 1.54) is 10.4 Å². The first-order valence-corrected chi connectivity index (χ1v) is 13.2. The van der Waals surface area contributed by atoms with Crippen molar-refractivity contribution in [3.63, 3.8) is 0 Å². The van der Waals surface area contributed by atoms with Crippen molar-refractivity contribution in [2.45, 2.75) is 57.7 Å². The molecule has 0 spiro atoms. The van der Waals surface area contributed by atoms with Crippen molar-refractivity contribution in [1.29, 1.82) is 0 Å². The summed E-state index contributed by atoms with van der Waals surface area (Å²) in [7, 11) is 0. The van der Waals surface area contributed by atoms with Gasteiger partial charge in [-0.25, -0.2) is 0 Å². The third kappa shape index (κ3) is 4.19. The number of ether oxygens (including phenoxy) is 1. The van der Waals surface area contributed by atoms with Crippen LogP contribution in [0.2, 0.25) is 0 Å². The van der Waals surface area contributed by atoms with E-state index < -0.39 is 5.89 Å². The van der Waals surface area contributed by atoms with Crippen LogP contribution in [0.5, 0.6) is 0 Å². The van der Waals surface area contributed by atoms with Gasteiger partial charge in [0.05, 0.1) is 0 Å². The number of piperidine rings is 1. The van der Waals surface area contributed by atoms with Gasteiger partial charge in [0.2, 0.25) is 0 Å². The molecule has 2 heterocycles. The Labute approximate surface area is 165 Å². The van der Waals surface area contributed by atoms with Gasteiger partial charge in [-0.3, -0.25) is 0 Å². The number of morpholine rings is 1. The Hall–Kier alpha value is -0.0305. The van der Waals surface area contributed by atoms with E-state index in [0.717, 1.165) is 39.1 Å². The summed E-state index contributed by atoms with van der Waals surface area (Å²) in [5.74, 6) is -2.07. The van der Waals surface area contributed by atoms with Crippen LogP contribution < -0.4 is 5.30 Å². The maximum atomic E-state index is 10.6. The number of hydrogen-bond acceptors (Lipinski definition) is 5. The van der Waals surface area contributed by atoms with Gasteiger partial charge < -0.3 is 0 Å². The minimum absolute atomic E-state index is 0.0843. The molecule has 0 amide bonds. The van der Waals surface area contributed by atoms with Gasteiger partial charge in [0.1, 0.15) is 0 Å². The Bertz CT molecular complexity index is 644. The second-order valence-corrected chi connectivity index (χ2v) is 13.9. The predicted octanol–water partition coefficient (Wildman–Crippen LogP) is 3.00. The fourth-order valence-corrected chi connectivity index (χ4v) is 9.11. The van der Waals surface area contributed by atoms with Gasteiger partial charge in [-0.1, -0.05) is 0 Å². The number of hydrogen-bond donors (Lipinski definition) is 1. The molecule has 0 radical (unpaired) electrons. The molecule has 2 saturated heterocycles. The van der Waals surface area contributed by atoms with Gasteiger partial charge in [0.15, 0.2) is 0 Å². The van der Waals surface area contributed by atoms with Crippen molar-refractivity contribution in [1.82, 2.24) is 9.73 Å². The van der Waals surface area contributed by atoms with Crippen LogP contribution in [-0.4, -0.2) is 73.5 Å². The number of nitrogens with zero attached hydrogens (tertiary/aromatic N) is 2. The van der Waals surface area contributed by atoms with Crippen LogP contribution in [0, 0.1) is 0 Å². The molecular formula is C19H31N2O3PSe. The van der Waals surface area contributed by atoms with E-state index in [-0.39, 0.29) is 17.2 Å². The molecule has 1 aromatic carbocycles. The van der Waals surface area contributed by atoms with E-state index in [9.17, 15) is 5.21 Å². The Morgan fingerprint density at radius 2 is 1.62 bits per heavy atom. The van der Waals surface area contributed by atoms with Crippen molar-refractivity contribution in [2.24, 2.45) is 0 Å². The molecule has 1 N–H and O–H groups in total. The van der Waals surface area contributed by atoms with Crippen molar-refractivity contribution in [2.75, 3.05) is 26.3 Å². The van der Waals surface area contributed by atoms with Crippen LogP contribution in [-0.2, 0) is 9.26 Å². The predicted molar refractivity (Wildman–Crippen MR) is 107 cm³/mol. The molecule has 26 heavy (non-hydrogen) atoms. The summed E-state index contributed by atoms with van der Waals surface area (Å²) in [5.41, 5.74) is -0.641. The SMILES string of the molecule is CC1(C)CC(OP(=[Se])(c2ccccc2)N2CCOCC2)CC(C)(C)N1O. The standard InChI is InChI=1S/C19H31N2O3PSe/c1-18(2)14-16(15-19(3,4)21(18)22)24-25(26,17-8-6-5-7-9-17)20-10-12-23-13-11-20/h5-9,16,22H,10-15H2,1-4H3. The third-order valence-electron chi connectivity index (χ3n) is 5.34. The topological polar surface area (TPSA) is 45.2 Å². The summed E-state index contributed by atoms with van der Waals surface area (Å²) >= 11 is 3.47. The molecule has 5 nitrogen and oxygen atoms in total. The fraction of sp³-hybridized carbons (Fsp3) is 0.684.